The minimum Gasteiger partial charge on any atom is -0.289 e. The van der Waals surface area contributed by atoms with Crippen molar-refractivity contribution < 1.29 is 4.79 Å². The van der Waals surface area contributed by atoms with Crippen molar-refractivity contribution in [2.75, 3.05) is 0 Å². The maximum atomic E-state index is 14.3. The molecule has 0 aromatic heterocycles. The first-order valence-corrected chi connectivity index (χ1v) is 12.8. The lowest BCUT2D eigenvalue weighted by molar-refractivity contribution is 0.103. The normalized spacial score (nSPS) is 11.2. The molecule has 0 unspecified atom stereocenters. The van der Waals surface area contributed by atoms with E-state index in [4.69, 9.17) is 0 Å². The highest BCUT2D eigenvalue weighted by Crippen LogP contribution is 2.37. The Kier molecular flexibility index (Phi) is 6.80. The summed E-state index contributed by atoms with van der Waals surface area (Å²) in [4.78, 5) is 14.3. The van der Waals surface area contributed by atoms with Gasteiger partial charge in [-0.25, -0.2) is 0 Å². The molecular weight excluding hydrogens is 436 g/mol. The number of aryl methyl sites for hydroxylation is 2. The topological polar surface area (TPSA) is 17.1 Å². The van der Waals surface area contributed by atoms with Crippen molar-refractivity contribution in [2.45, 2.75) is 69.2 Å². The predicted molar refractivity (Wildman–Crippen MR) is 155 cm³/mol. The first-order chi connectivity index (χ1) is 17.0. The van der Waals surface area contributed by atoms with Gasteiger partial charge in [-0.1, -0.05) is 36.4 Å². The molecule has 1 heteroatoms. The Labute approximate surface area is 217 Å². The van der Waals surface area contributed by atoms with Crippen LogP contribution in [-0.4, -0.2) is 5.78 Å². The minimum absolute atomic E-state index is 0.106. The summed E-state index contributed by atoms with van der Waals surface area (Å²) >= 11 is 0. The first kappa shape index (κ1) is 25.6. The molecule has 36 heavy (non-hydrogen) atoms. The van der Waals surface area contributed by atoms with Gasteiger partial charge in [0, 0.05) is 11.1 Å². The van der Waals surface area contributed by atoms with Gasteiger partial charge >= 0.3 is 0 Å². The average molecular weight is 475 g/mol. The Balaban J connectivity index is 1.97. The number of rotatable bonds is 4. The van der Waals surface area contributed by atoms with Crippen molar-refractivity contribution in [3.8, 4) is 22.3 Å². The molecule has 1 nitrogen and oxygen atoms in total. The third kappa shape index (κ3) is 4.11. The second kappa shape index (κ2) is 9.54. The number of ketones is 1. The third-order valence-electron chi connectivity index (χ3n) is 8.72. The molecule has 0 bridgehead atoms. The molecule has 0 aliphatic heterocycles. The Morgan fingerprint density at radius 1 is 0.417 bits per heavy atom. The fraction of sp³-hybridized carbons (Fsp3) is 0.286. The van der Waals surface area contributed by atoms with Crippen molar-refractivity contribution in [1.82, 2.24) is 0 Å². The Morgan fingerprint density at radius 2 is 0.778 bits per heavy atom. The van der Waals surface area contributed by atoms with Crippen LogP contribution in [-0.2, 0) is 0 Å². The van der Waals surface area contributed by atoms with E-state index in [-0.39, 0.29) is 5.78 Å². The summed E-state index contributed by atoms with van der Waals surface area (Å²) in [5, 5.41) is 0. The summed E-state index contributed by atoms with van der Waals surface area (Å²) in [5.41, 5.74) is 18.4. The zero-order chi connectivity index (χ0) is 26.5. The molecule has 0 atom stereocenters. The number of carbonyl (C=O) groups is 1. The summed E-state index contributed by atoms with van der Waals surface area (Å²) in [6.07, 6.45) is 0. The number of hydrogen-bond donors (Lipinski definition) is 0. The molecule has 4 aromatic carbocycles. The van der Waals surface area contributed by atoms with E-state index in [1.165, 1.54) is 55.6 Å². The predicted octanol–water partition coefficient (Wildman–Crippen LogP) is 9.34. The molecule has 184 valence electrons. The highest BCUT2D eigenvalue weighted by Gasteiger charge is 2.22. The monoisotopic (exact) mass is 474 g/mol. The van der Waals surface area contributed by atoms with E-state index in [2.05, 4.69) is 118 Å². The number of carbonyl (C=O) groups excluding carboxylic acids is 1. The fourth-order valence-corrected chi connectivity index (χ4v) is 5.35. The molecule has 0 N–H and O–H groups in total. The zero-order valence-corrected chi connectivity index (χ0v) is 23.5. The molecule has 0 aliphatic carbocycles. The largest absolute Gasteiger partial charge is 0.289 e. The van der Waals surface area contributed by atoms with Crippen molar-refractivity contribution in [1.29, 1.82) is 0 Å². The Bertz CT molecular complexity index is 1420. The van der Waals surface area contributed by atoms with E-state index in [0.717, 1.165) is 33.4 Å². The summed E-state index contributed by atoms with van der Waals surface area (Å²) in [5.74, 6) is 0.106. The van der Waals surface area contributed by atoms with E-state index >= 15 is 0 Å². The molecular formula is C35H38O. The van der Waals surface area contributed by atoms with Gasteiger partial charge in [0.1, 0.15) is 0 Å². The fourth-order valence-electron chi connectivity index (χ4n) is 5.35. The van der Waals surface area contributed by atoms with Gasteiger partial charge in [0.05, 0.1) is 0 Å². The zero-order valence-electron chi connectivity index (χ0n) is 23.5. The van der Waals surface area contributed by atoms with Crippen LogP contribution in [0.3, 0.4) is 0 Å². The van der Waals surface area contributed by atoms with Gasteiger partial charge in [0.25, 0.3) is 0 Å². The van der Waals surface area contributed by atoms with Crippen LogP contribution in [0, 0.1) is 69.2 Å². The smallest absolute Gasteiger partial charge is 0.193 e. The van der Waals surface area contributed by atoms with Crippen LogP contribution in [0.1, 0.15) is 71.6 Å². The molecule has 4 aromatic rings. The lowest BCUT2D eigenvalue weighted by Crippen LogP contribution is -2.11. The highest BCUT2D eigenvalue weighted by molar-refractivity contribution is 6.12. The summed E-state index contributed by atoms with van der Waals surface area (Å²) < 4.78 is 0. The molecule has 0 spiro atoms. The van der Waals surface area contributed by atoms with E-state index in [9.17, 15) is 4.79 Å². The number of benzene rings is 4. The van der Waals surface area contributed by atoms with Gasteiger partial charge in [0.15, 0.2) is 5.78 Å². The quantitative estimate of drug-likeness (QED) is 0.269. The van der Waals surface area contributed by atoms with Crippen molar-refractivity contribution in [2.24, 2.45) is 0 Å². The molecule has 0 amide bonds. The van der Waals surface area contributed by atoms with Crippen LogP contribution in [0.15, 0.2) is 48.5 Å². The molecule has 4 rings (SSSR count). The summed E-state index contributed by atoms with van der Waals surface area (Å²) in [7, 11) is 0. The SMILES string of the molecule is Cc1cccc(-c2cc(C(=O)c3cc(-c4cccc(C)c4C)c(C)c(C)c3C)c(C)c(C)c2C)c1C. The van der Waals surface area contributed by atoms with Crippen LogP contribution >= 0.6 is 0 Å². The van der Waals surface area contributed by atoms with Crippen LogP contribution in [0.25, 0.3) is 22.3 Å². The van der Waals surface area contributed by atoms with E-state index in [0.29, 0.717) is 0 Å². The third-order valence-corrected chi connectivity index (χ3v) is 8.72. The van der Waals surface area contributed by atoms with Gasteiger partial charge in [-0.05, 0) is 159 Å². The standard InChI is InChI=1S/C35H38O/c1-19-13-11-15-29(21(19)3)31-17-33(27(9)23(5)25(31)7)35(36)34-18-32(26(8)24(6)28(34)10)30-16-12-14-20(2)22(30)4/h11-18H,1-10H3. The van der Waals surface area contributed by atoms with Crippen molar-refractivity contribution in [3.63, 3.8) is 0 Å². The summed E-state index contributed by atoms with van der Waals surface area (Å²) in [6.45, 7) is 21.4. The molecule has 0 fully saturated rings. The first-order valence-electron chi connectivity index (χ1n) is 12.8. The van der Waals surface area contributed by atoms with Crippen molar-refractivity contribution in [3.05, 3.63) is 115 Å². The van der Waals surface area contributed by atoms with Gasteiger partial charge < -0.3 is 0 Å². The second-order valence-corrected chi connectivity index (χ2v) is 10.5. The highest BCUT2D eigenvalue weighted by atomic mass is 16.1. The van der Waals surface area contributed by atoms with Crippen LogP contribution in [0.5, 0.6) is 0 Å². The van der Waals surface area contributed by atoms with E-state index in [1.54, 1.807) is 0 Å². The molecule has 0 heterocycles. The maximum absolute atomic E-state index is 14.3. The molecule has 0 radical (unpaired) electrons. The van der Waals surface area contributed by atoms with Crippen LogP contribution in [0.4, 0.5) is 0 Å². The Morgan fingerprint density at radius 3 is 1.14 bits per heavy atom. The Hall–Kier alpha value is -3.45. The average Bonchev–Trinajstić information content (AvgIpc) is 2.85. The minimum atomic E-state index is 0.106. The maximum Gasteiger partial charge on any atom is 0.193 e. The summed E-state index contributed by atoms with van der Waals surface area (Å²) in [6, 6.07) is 17.1. The lowest BCUT2D eigenvalue weighted by Gasteiger charge is -2.21. The van der Waals surface area contributed by atoms with E-state index in [1.807, 2.05) is 0 Å². The molecule has 0 saturated carbocycles. The van der Waals surface area contributed by atoms with Gasteiger partial charge in [0.2, 0.25) is 0 Å². The van der Waals surface area contributed by atoms with Crippen LogP contribution < -0.4 is 0 Å². The van der Waals surface area contributed by atoms with Crippen molar-refractivity contribution >= 4 is 5.78 Å². The van der Waals surface area contributed by atoms with Gasteiger partial charge in [-0.15, -0.1) is 0 Å². The lowest BCUT2D eigenvalue weighted by atomic mass is 9.82. The molecule has 0 aliphatic rings. The molecule has 0 saturated heterocycles. The second-order valence-electron chi connectivity index (χ2n) is 10.5. The van der Waals surface area contributed by atoms with E-state index < -0.39 is 0 Å². The van der Waals surface area contributed by atoms with Gasteiger partial charge in [-0.3, -0.25) is 4.79 Å². The van der Waals surface area contributed by atoms with Crippen LogP contribution in [0.2, 0.25) is 0 Å². The van der Waals surface area contributed by atoms with Gasteiger partial charge in [-0.2, -0.15) is 0 Å². The number of hydrogen-bond acceptors (Lipinski definition) is 1.